The van der Waals surface area contributed by atoms with Gasteiger partial charge in [0.25, 0.3) is 0 Å². The molecule has 0 aromatic carbocycles. The van der Waals surface area contributed by atoms with Crippen molar-refractivity contribution in [2.45, 2.75) is 109 Å². The molecule has 9 heteroatoms. The van der Waals surface area contributed by atoms with E-state index in [1.165, 1.54) is 6.92 Å². The van der Waals surface area contributed by atoms with Crippen LogP contribution in [0.25, 0.3) is 0 Å². The van der Waals surface area contributed by atoms with Gasteiger partial charge >= 0.3 is 0 Å². The van der Waals surface area contributed by atoms with Crippen molar-refractivity contribution in [1.29, 1.82) is 0 Å². The van der Waals surface area contributed by atoms with E-state index in [0.717, 1.165) is 4.90 Å². The van der Waals surface area contributed by atoms with Gasteiger partial charge in [-0.2, -0.15) is 0 Å². The van der Waals surface area contributed by atoms with E-state index in [4.69, 9.17) is 8.85 Å². The third-order valence-electron chi connectivity index (χ3n) is 7.24. The maximum atomic E-state index is 13.2. The molecule has 0 saturated carbocycles. The van der Waals surface area contributed by atoms with E-state index >= 15 is 0 Å². The minimum atomic E-state index is -2.34. The van der Waals surface area contributed by atoms with Gasteiger partial charge in [0.1, 0.15) is 24.8 Å². The number of hydrogen-bond acceptors (Lipinski definition) is 6. The number of imide groups is 1. The molecule has 0 N–H and O–H groups in total. The molecular weight excluding hydrogens is 430 g/mol. The highest BCUT2D eigenvalue weighted by Crippen LogP contribution is 2.41. The fourth-order valence-corrected chi connectivity index (χ4v) is 5.69. The average Bonchev–Trinajstić information content (AvgIpc) is 2.92. The van der Waals surface area contributed by atoms with Crippen LogP contribution in [0.5, 0.6) is 0 Å². The van der Waals surface area contributed by atoms with Gasteiger partial charge in [-0.05, 0) is 42.7 Å². The molecule has 0 bridgehead atoms. The fourth-order valence-electron chi connectivity index (χ4n) is 3.19. The van der Waals surface area contributed by atoms with E-state index in [2.05, 4.69) is 41.5 Å². The molecule has 4 atom stereocenters. The van der Waals surface area contributed by atoms with Gasteiger partial charge in [-0.1, -0.05) is 41.5 Å². The molecular formula is C22H41NO6Si2. The van der Waals surface area contributed by atoms with E-state index in [1.807, 2.05) is 26.2 Å². The van der Waals surface area contributed by atoms with Crippen molar-refractivity contribution in [3.8, 4) is 0 Å². The van der Waals surface area contributed by atoms with E-state index in [0.29, 0.717) is 12.6 Å². The Labute approximate surface area is 189 Å². The highest BCUT2D eigenvalue weighted by molar-refractivity contribution is 6.74. The Morgan fingerprint density at radius 1 is 0.935 bits per heavy atom. The molecule has 0 aromatic heterocycles. The lowest BCUT2D eigenvalue weighted by Crippen LogP contribution is -2.52. The summed E-state index contributed by atoms with van der Waals surface area (Å²) in [6.07, 6.45) is -0.385. The van der Waals surface area contributed by atoms with Crippen LogP contribution in [0.15, 0.2) is 0 Å². The predicted octanol–water partition coefficient (Wildman–Crippen LogP) is 3.93. The van der Waals surface area contributed by atoms with Gasteiger partial charge in [0, 0.05) is 6.92 Å². The number of carbonyl (C=O) groups is 4. The molecule has 1 fully saturated rings. The maximum Gasteiger partial charge on any atom is 0.235 e. The minimum absolute atomic E-state index is 0.145. The summed E-state index contributed by atoms with van der Waals surface area (Å²) in [4.78, 5) is 50.7. The summed E-state index contributed by atoms with van der Waals surface area (Å²) in [5.74, 6) is -1.75. The third-order valence-corrected chi connectivity index (χ3v) is 16.2. The zero-order valence-corrected chi connectivity index (χ0v) is 23.1. The Bertz CT molecular complexity index is 708. The van der Waals surface area contributed by atoms with Crippen LogP contribution < -0.4 is 0 Å². The second-order valence-electron chi connectivity index (χ2n) is 11.6. The summed E-state index contributed by atoms with van der Waals surface area (Å²) in [5, 5.41) is -0.291. The molecule has 2 amide bonds. The third kappa shape index (κ3) is 6.00. The molecule has 0 radical (unpaired) electrons. The van der Waals surface area contributed by atoms with Crippen molar-refractivity contribution in [3.05, 3.63) is 0 Å². The molecule has 1 aliphatic heterocycles. The number of rotatable bonds is 8. The zero-order valence-electron chi connectivity index (χ0n) is 21.1. The molecule has 0 spiro atoms. The lowest BCUT2D eigenvalue weighted by Gasteiger charge is -2.40. The van der Waals surface area contributed by atoms with E-state index in [-0.39, 0.29) is 16.5 Å². The highest BCUT2D eigenvalue weighted by Gasteiger charge is 2.52. The summed E-state index contributed by atoms with van der Waals surface area (Å²) < 4.78 is 12.5. The Balaban J connectivity index is 3.27. The predicted molar refractivity (Wildman–Crippen MR) is 126 cm³/mol. The summed E-state index contributed by atoms with van der Waals surface area (Å²) >= 11 is 0. The number of carbonyl (C=O) groups excluding carboxylic acids is 4. The van der Waals surface area contributed by atoms with Crippen molar-refractivity contribution < 1.29 is 28.0 Å². The van der Waals surface area contributed by atoms with Crippen LogP contribution in [-0.4, -0.2) is 64.2 Å². The molecule has 0 unspecified atom stereocenters. The molecule has 1 saturated heterocycles. The first-order chi connectivity index (χ1) is 13.8. The second-order valence-corrected chi connectivity index (χ2v) is 21.1. The number of likely N-dealkylation sites (tertiary alicyclic amines) is 1. The summed E-state index contributed by atoms with van der Waals surface area (Å²) in [6.45, 7) is 21.7. The SMILES string of the molecule is CC(=O)N1C(=O)[C@@H]([C@H](C=O)O[Si](C)(C)C(C)(C)C)C[C@H]1[C@H](C=O)O[Si](C)(C)C(C)(C)C. The normalized spacial score (nSPS) is 22.9. The van der Waals surface area contributed by atoms with Crippen molar-refractivity contribution in [2.24, 2.45) is 5.92 Å². The van der Waals surface area contributed by atoms with E-state index < -0.39 is 52.6 Å². The lowest BCUT2D eigenvalue weighted by molar-refractivity contribution is -0.147. The summed E-state index contributed by atoms with van der Waals surface area (Å²) in [7, 11) is -4.67. The molecule has 31 heavy (non-hydrogen) atoms. The highest BCUT2D eigenvalue weighted by atomic mass is 28.4. The molecule has 1 heterocycles. The van der Waals surface area contributed by atoms with Crippen LogP contribution in [0.1, 0.15) is 54.9 Å². The number of aldehydes is 2. The minimum Gasteiger partial charge on any atom is -0.406 e. The molecule has 0 aliphatic carbocycles. The Morgan fingerprint density at radius 3 is 1.65 bits per heavy atom. The topological polar surface area (TPSA) is 90.0 Å². The smallest absolute Gasteiger partial charge is 0.235 e. The summed E-state index contributed by atoms with van der Waals surface area (Å²) in [5.41, 5.74) is 0. The fraction of sp³-hybridized carbons (Fsp3) is 0.818. The van der Waals surface area contributed by atoms with Crippen molar-refractivity contribution in [2.75, 3.05) is 0 Å². The van der Waals surface area contributed by atoms with Crippen LogP contribution in [0.3, 0.4) is 0 Å². The van der Waals surface area contributed by atoms with E-state index in [1.54, 1.807) is 0 Å². The van der Waals surface area contributed by atoms with Gasteiger partial charge < -0.3 is 18.4 Å². The largest absolute Gasteiger partial charge is 0.406 e. The standard InChI is InChI=1S/C22H41NO6Si2/c1-15(26)23-17(19(14-25)29-31(10,11)22(5,6)7)12-16(20(23)27)18(13-24)28-30(8,9)21(2,3)4/h13-14,16-19H,12H2,1-11H3/t16-,17+,18+,19+/m1/s1. The molecule has 178 valence electrons. The van der Waals surface area contributed by atoms with Gasteiger partial charge in [-0.25, -0.2) is 0 Å². The van der Waals surface area contributed by atoms with Gasteiger partial charge in [0.15, 0.2) is 16.6 Å². The quantitative estimate of drug-likeness (QED) is 0.393. The van der Waals surface area contributed by atoms with E-state index in [9.17, 15) is 19.2 Å². The number of amides is 2. The van der Waals surface area contributed by atoms with Crippen molar-refractivity contribution >= 4 is 41.0 Å². The maximum absolute atomic E-state index is 13.2. The Hall–Kier alpha value is -1.17. The lowest BCUT2D eigenvalue weighted by atomic mass is 9.97. The van der Waals surface area contributed by atoms with Gasteiger partial charge in [-0.15, -0.1) is 0 Å². The van der Waals surface area contributed by atoms with Crippen LogP contribution in [0.4, 0.5) is 0 Å². The first-order valence-corrected chi connectivity index (χ1v) is 16.7. The van der Waals surface area contributed by atoms with Crippen molar-refractivity contribution in [3.63, 3.8) is 0 Å². The van der Waals surface area contributed by atoms with Crippen LogP contribution in [0, 0.1) is 5.92 Å². The zero-order chi connectivity index (χ0) is 24.6. The Morgan fingerprint density at radius 2 is 1.32 bits per heavy atom. The van der Waals surface area contributed by atoms with Crippen LogP contribution in [-0.2, 0) is 28.0 Å². The second kappa shape index (κ2) is 9.37. The van der Waals surface area contributed by atoms with Crippen LogP contribution in [0.2, 0.25) is 36.3 Å². The van der Waals surface area contributed by atoms with Crippen molar-refractivity contribution in [1.82, 2.24) is 4.90 Å². The van der Waals surface area contributed by atoms with Gasteiger partial charge in [0.05, 0.1) is 12.0 Å². The van der Waals surface area contributed by atoms with Gasteiger partial charge in [-0.3, -0.25) is 14.5 Å². The number of hydrogen-bond donors (Lipinski definition) is 0. The average molecular weight is 472 g/mol. The summed E-state index contributed by atoms with van der Waals surface area (Å²) in [6, 6.07) is -0.743. The Kier molecular flexibility index (Phi) is 8.42. The monoisotopic (exact) mass is 471 g/mol. The first-order valence-electron chi connectivity index (χ1n) is 10.9. The molecule has 0 aromatic rings. The van der Waals surface area contributed by atoms with Crippen LogP contribution >= 0.6 is 0 Å². The molecule has 1 aliphatic rings. The van der Waals surface area contributed by atoms with Gasteiger partial charge in [0.2, 0.25) is 11.8 Å². The molecule has 7 nitrogen and oxygen atoms in total. The number of nitrogens with zero attached hydrogens (tertiary/aromatic N) is 1. The molecule has 1 rings (SSSR count). The first kappa shape index (κ1) is 27.9.